The van der Waals surface area contributed by atoms with Gasteiger partial charge in [0.05, 0.1) is 0 Å². The molecule has 0 aliphatic heterocycles. The molecule has 148 valence electrons. The van der Waals surface area contributed by atoms with Gasteiger partial charge in [0, 0.05) is 83.2 Å². The fourth-order valence-corrected chi connectivity index (χ4v) is 273. The maximum Gasteiger partial charge on any atom is 0.0303 e. The van der Waals surface area contributed by atoms with Crippen molar-refractivity contribution in [2.24, 2.45) is 0 Å². The van der Waals surface area contributed by atoms with Crippen LogP contribution < -0.4 is 0 Å². The minimum atomic E-state index is -1.13. The summed E-state index contributed by atoms with van der Waals surface area (Å²) in [6, 6.07) is 0. The molecule has 0 bridgehead atoms. The van der Waals surface area contributed by atoms with E-state index in [1.807, 2.05) is 0 Å². The molecule has 9 heteroatoms. The third kappa shape index (κ3) is 7.07. The van der Waals surface area contributed by atoms with Gasteiger partial charge in [-0.15, -0.1) is 0 Å². The van der Waals surface area contributed by atoms with Crippen molar-refractivity contribution in [1.82, 2.24) is 0 Å². The summed E-state index contributed by atoms with van der Waals surface area (Å²) in [6.45, 7) is 44.6. The summed E-state index contributed by atoms with van der Waals surface area (Å²) in [5.74, 6) is 0. The summed E-state index contributed by atoms with van der Waals surface area (Å²) in [7, 11) is -6.61. The summed E-state index contributed by atoms with van der Waals surface area (Å²) in [6.07, 6.45) is 0. The first kappa shape index (κ1) is 29.7. The monoisotopic (exact) mass is 584 g/mol. The van der Waals surface area contributed by atoms with E-state index in [-0.39, 0.29) is 38.6 Å². The summed E-state index contributed by atoms with van der Waals surface area (Å²) in [4.78, 5) is 0. The second-order valence-electron chi connectivity index (χ2n) is 13.0. The molecule has 0 amide bonds. The van der Waals surface area contributed by atoms with E-state index in [0.29, 0.717) is 0 Å². The van der Waals surface area contributed by atoms with E-state index >= 15 is 0 Å². The maximum atomic E-state index is 2.93. The smallest absolute Gasteiger partial charge is 0.0303 e. The Bertz CT molecular complexity index is 365. The first-order valence-corrected chi connectivity index (χ1v) is 39.8. The normalized spacial score (nSPS) is 15.6. The molecule has 0 N–H and O–H groups in total. The zero-order chi connectivity index (χ0) is 20.2. The van der Waals surface area contributed by atoms with Gasteiger partial charge >= 0.3 is 0 Å². The molecule has 0 aromatic rings. The van der Waals surface area contributed by atoms with Crippen molar-refractivity contribution >= 4 is 83.2 Å². The molecule has 0 saturated heterocycles. The first-order chi connectivity index (χ1) is 9.98. The largest absolute Gasteiger partial charge is 0.0739 e. The van der Waals surface area contributed by atoms with Gasteiger partial charge in [0.25, 0.3) is 0 Å². The van der Waals surface area contributed by atoms with Crippen LogP contribution in [0.15, 0.2) is 0 Å². The maximum absolute atomic E-state index is 2.93. The summed E-state index contributed by atoms with van der Waals surface area (Å²) in [5.41, 5.74) is 0. The fourth-order valence-electron chi connectivity index (χ4n) is 6.62. The third-order valence-corrected chi connectivity index (χ3v) is 156. The van der Waals surface area contributed by atoms with Gasteiger partial charge in [-0.05, 0) is 0 Å². The van der Waals surface area contributed by atoms with Crippen molar-refractivity contribution in [2.45, 2.75) is 105 Å². The minimum absolute atomic E-state index is 0. The van der Waals surface area contributed by atoms with Gasteiger partial charge in [-0.3, -0.25) is 0 Å². The van der Waals surface area contributed by atoms with Crippen LogP contribution in [-0.4, -0.2) is 83.2 Å². The van der Waals surface area contributed by atoms with Crippen LogP contribution in [0.2, 0.25) is 105 Å². The van der Waals surface area contributed by atoms with Crippen LogP contribution in [-0.2, 0) is 0 Å². The molecule has 25 heavy (non-hydrogen) atoms. The van der Waals surface area contributed by atoms with Crippen molar-refractivity contribution in [1.29, 1.82) is 0 Å². The van der Waals surface area contributed by atoms with Crippen LogP contribution in [0, 0.1) is 0 Å². The Kier molecular flexibility index (Phi) is 10.4. The molecule has 0 aliphatic rings. The molecule has 0 rings (SSSR count). The summed E-state index contributed by atoms with van der Waals surface area (Å²) in [5, 5.41) is 0. The zero-order valence-corrected chi connectivity index (χ0v) is 31.4. The van der Waals surface area contributed by atoms with Gasteiger partial charge in [-0.2, -0.15) is 0 Å². The zero-order valence-electron chi connectivity index (χ0n) is 20.5. The van der Waals surface area contributed by atoms with Crippen molar-refractivity contribution in [2.75, 3.05) is 0 Å². The molecule has 0 fully saturated rings. The molecule has 6 radical (unpaired) electrons. The second-order valence-corrected chi connectivity index (χ2v) is 93.0. The van der Waals surface area contributed by atoms with Crippen LogP contribution in [0.4, 0.5) is 0 Å². The van der Waals surface area contributed by atoms with Crippen LogP contribution >= 0.6 is 0 Å². The predicted octanol–water partition coefficient (Wildman–Crippen LogP) is 5.91. The van der Waals surface area contributed by atoms with Gasteiger partial charge in [0.1, 0.15) is 0 Å². The topological polar surface area (TPSA) is 0 Å². The van der Waals surface area contributed by atoms with Gasteiger partial charge < -0.3 is 0 Å². The van der Waals surface area contributed by atoms with Crippen LogP contribution in [0.3, 0.4) is 0 Å². The second kappa shape index (κ2) is 8.72. The Morgan fingerprint density at radius 3 is 0.520 bits per heavy atom. The van der Waals surface area contributed by atoms with E-state index in [4.69, 9.17) is 0 Å². The molecular weight excluding hydrogens is 536 g/mol. The van der Waals surface area contributed by atoms with Crippen molar-refractivity contribution in [3.05, 3.63) is 0 Å². The van der Waals surface area contributed by atoms with Crippen molar-refractivity contribution in [3.63, 3.8) is 0 Å². The van der Waals surface area contributed by atoms with E-state index in [1.54, 1.807) is 0 Å². The van der Waals surface area contributed by atoms with E-state index in [1.165, 1.54) is 0 Å². The van der Waals surface area contributed by atoms with Gasteiger partial charge in [-0.25, -0.2) is 0 Å². The SMILES string of the molecule is C[Si](C)(C)[Si]([Si](C)(C)C)[Si](C)(C)[Si](C)(C)[Si]([Si](C)(C)C)[Si](C)(C)C.[Sn]. The van der Waals surface area contributed by atoms with E-state index in [0.717, 1.165) is 0 Å². The number of rotatable bonds is 7. The molecule has 0 unspecified atom stereocenters. The van der Waals surface area contributed by atoms with Crippen molar-refractivity contribution in [3.8, 4) is 0 Å². The standard InChI is InChI=1S/C16H48Si8.Sn/c1-19(2,3)17(20(4,5)6)23(13,14)24(15,16)18(21(7,8)9)22(10,11)12;/h1-16H3;. The van der Waals surface area contributed by atoms with E-state index in [9.17, 15) is 0 Å². The Morgan fingerprint density at radius 1 is 0.320 bits per heavy atom. The first-order valence-electron chi connectivity index (χ1n) is 9.75. The van der Waals surface area contributed by atoms with Gasteiger partial charge in [0.2, 0.25) is 0 Å². The summed E-state index contributed by atoms with van der Waals surface area (Å²) >= 11 is 0. The minimum Gasteiger partial charge on any atom is -0.0739 e. The number of hydrogen-bond acceptors (Lipinski definition) is 0. The van der Waals surface area contributed by atoms with Crippen molar-refractivity contribution < 1.29 is 0 Å². The van der Waals surface area contributed by atoms with E-state index in [2.05, 4.69) is 105 Å². The predicted molar refractivity (Wildman–Crippen MR) is 146 cm³/mol. The van der Waals surface area contributed by atoms with E-state index < -0.39 is 44.6 Å². The molecule has 0 spiro atoms. The van der Waals surface area contributed by atoms with Crippen LogP contribution in [0.5, 0.6) is 0 Å². The average molecular weight is 584 g/mol. The molecule has 0 aromatic heterocycles. The molecule has 0 aliphatic carbocycles. The number of hydrogen-bond donors (Lipinski definition) is 0. The molecule has 0 saturated carbocycles. The Balaban J connectivity index is 0. The Hall–Kier alpha value is 2.53. The molecular formula is C16H48Si8Sn. The quantitative estimate of drug-likeness (QED) is 0.327. The van der Waals surface area contributed by atoms with Crippen LogP contribution in [0.25, 0.3) is 0 Å². The Labute approximate surface area is 186 Å². The fraction of sp³-hybridized carbons (Fsp3) is 1.00. The average Bonchev–Trinajstić information content (AvgIpc) is 2.02. The molecule has 0 atom stereocenters. The summed E-state index contributed by atoms with van der Waals surface area (Å²) < 4.78 is 0. The van der Waals surface area contributed by atoms with Gasteiger partial charge in [-0.1, -0.05) is 105 Å². The van der Waals surface area contributed by atoms with Gasteiger partial charge in [0.15, 0.2) is 0 Å². The van der Waals surface area contributed by atoms with Crippen LogP contribution in [0.1, 0.15) is 0 Å². The molecule has 0 nitrogen and oxygen atoms in total. The Morgan fingerprint density at radius 2 is 0.440 bits per heavy atom. The third-order valence-electron chi connectivity index (χ3n) is 5.81. The molecule has 0 heterocycles. The molecule has 0 aromatic carbocycles.